The summed E-state index contributed by atoms with van der Waals surface area (Å²) < 4.78 is 6.84. The van der Waals surface area contributed by atoms with Crippen LogP contribution in [-0.4, -0.2) is 6.61 Å². The molecule has 0 unspecified atom stereocenters. The van der Waals surface area contributed by atoms with E-state index in [0.717, 1.165) is 26.5 Å². The second kappa shape index (κ2) is 7.71. The van der Waals surface area contributed by atoms with Crippen molar-refractivity contribution in [2.45, 2.75) is 20.4 Å². The number of benzene rings is 2. The predicted octanol–water partition coefficient (Wildman–Crippen LogP) is 5.75. The van der Waals surface area contributed by atoms with Crippen LogP contribution < -0.4 is 10.1 Å². The molecule has 1 N–H and O–H groups in total. The summed E-state index contributed by atoms with van der Waals surface area (Å²) in [5, 5.41) is 4.14. The Bertz CT molecular complexity index is 601. The van der Waals surface area contributed by atoms with Crippen molar-refractivity contribution in [3.05, 3.63) is 57.5 Å². The molecule has 2 aromatic rings. The van der Waals surface area contributed by atoms with E-state index in [2.05, 4.69) is 35.1 Å². The van der Waals surface area contributed by atoms with Gasteiger partial charge < -0.3 is 10.1 Å². The number of nitrogens with one attached hydrogen (secondary N) is 1. The van der Waals surface area contributed by atoms with E-state index in [1.54, 1.807) is 0 Å². The van der Waals surface area contributed by atoms with Crippen molar-refractivity contribution in [2.75, 3.05) is 11.9 Å². The minimum Gasteiger partial charge on any atom is -0.491 e. The van der Waals surface area contributed by atoms with Gasteiger partial charge in [0.2, 0.25) is 0 Å². The van der Waals surface area contributed by atoms with E-state index >= 15 is 0 Å². The summed E-state index contributed by atoms with van der Waals surface area (Å²) in [5.41, 5.74) is 2.15. The smallest absolute Gasteiger partial charge is 0.142 e. The molecule has 2 rings (SSSR count). The highest BCUT2D eigenvalue weighted by molar-refractivity contribution is 9.10. The number of halogens is 2. The molecule has 0 fully saturated rings. The lowest BCUT2D eigenvalue weighted by Crippen LogP contribution is -2.07. The van der Waals surface area contributed by atoms with Crippen LogP contribution in [0, 0.1) is 5.92 Å². The van der Waals surface area contributed by atoms with Crippen molar-refractivity contribution in [1.82, 2.24) is 0 Å². The molecule has 0 amide bonds. The van der Waals surface area contributed by atoms with Gasteiger partial charge in [0.25, 0.3) is 0 Å². The lowest BCUT2D eigenvalue weighted by Gasteiger charge is -2.15. The molecule has 2 nitrogen and oxygen atoms in total. The fourth-order valence-corrected chi connectivity index (χ4v) is 2.67. The molecular weight excluding hydrogens is 350 g/mol. The van der Waals surface area contributed by atoms with Gasteiger partial charge in [0.15, 0.2) is 0 Å². The van der Waals surface area contributed by atoms with Crippen LogP contribution in [0.5, 0.6) is 5.75 Å². The lowest BCUT2D eigenvalue weighted by atomic mass is 10.2. The number of anilines is 1. The molecule has 0 aliphatic heterocycles. The van der Waals surface area contributed by atoms with Crippen molar-refractivity contribution >= 4 is 33.2 Å². The van der Waals surface area contributed by atoms with Gasteiger partial charge in [-0.2, -0.15) is 0 Å². The minimum atomic E-state index is 0.503. The van der Waals surface area contributed by atoms with Crippen molar-refractivity contribution in [3.8, 4) is 5.75 Å². The molecule has 21 heavy (non-hydrogen) atoms. The fraction of sp³-hybridized carbons (Fsp3) is 0.294. The van der Waals surface area contributed by atoms with E-state index in [1.165, 1.54) is 0 Å². The van der Waals surface area contributed by atoms with Gasteiger partial charge in [0.05, 0.1) is 12.3 Å². The zero-order valence-electron chi connectivity index (χ0n) is 12.2. The molecule has 0 aliphatic rings. The third-order valence-electron chi connectivity index (χ3n) is 2.94. The number of para-hydroxylation sites is 2. The predicted molar refractivity (Wildman–Crippen MR) is 93.3 cm³/mol. The zero-order valence-corrected chi connectivity index (χ0v) is 14.5. The van der Waals surface area contributed by atoms with E-state index < -0.39 is 0 Å². The third kappa shape index (κ3) is 4.94. The first-order valence-corrected chi connectivity index (χ1v) is 8.13. The van der Waals surface area contributed by atoms with Crippen LogP contribution in [0.1, 0.15) is 19.4 Å². The van der Waals surface area contributed by atoms with Crippen LogP contribution >= 0.6 is 27.5 Å². The van der Waals surface area contributed by atoms with E-state index in [4.69, 9.17) is 16.3 Å². The van der Waals surface area contributed by atoms with E-state index in [0.29, 0.717) is 19.1 Å². The molecule has 112 valence electrons. The highest BCUT2D eigenvalue weighted by Gasteiger charge is 2.06. The van der Waals surface area contributed by atoms with Crippen LogP contribution in [0.2, 0.25) is 5.02 Å². The summed E-state index contributed by atoms with van der Waals surface area (Å²) in [5.74, 6) is 1.39. The monoisotopic (exact) mass is 367 g/mol. The molecule has 2 aromatic carbocycles. The Hall–Kier alpha value is -1.19. The maximum Gasteiger partial charge on any atom is 0.142 e. The van der Waals surface area contributed by atoms with Gasteiger partial charge in [0.1, 0.15) is 5.75 Å². The number of ether oxygens (including phenoxy) is 1. The van der Waals surface area contributed by atoms with Crippen LogP contribution in [0.25, 0.3) is 0 Å². The van der Waals surface area contributed by atoms with Crippen molar-refractivity contribution in [2.24, 2.45) is 5.92 Å². The van der Waals surface area contributed by atoms with E-state index in [-0.39, 0.29) is 0 Å². The average molecular weight is 369 g/mol. The Morgan fingerprint density at radius 3 is 2.67 bits per heavy atom. The first-order chi connectivity index (χ1) is 10.1. The number of hydrogen-bond donors (Lipinski definition) is 1. The normalized spacial score (nSPS) is 10.7. The summed E-state index contributed by atoms with van der Waals surface area (Å²) in [7, 11) is 0. The Morgan fingerprint density at radius 2 is 1.95 bits per heavy atom. The first kappa shape index (κ1) is 16.2. The second-order valence-corrected chi connectivity index (χ2v) is 6.58. The highest BCUT2D eigenvalue weighted by atomic mass is 79.9. The first-order valence-electron chi connectivity index (χ1n) is 6.96. The Labute approximate surface area is 139 Å². The Balaban J connectivity index is 2.05. The number of rotatable bonds is 6. The van der Waals surface area contributed by atoms with Crippen molar-refractivity contribution < 1.29 is 4.74 Å². The van der Waals surface area contributed by atoms with Gasteiger partial charge >= 0.3 is 0 Å². The fourth-order valence-electron chi connectivity index (χ4n) is 1.85. The molecule has 0 saturated heterocycles. The SMILES string of the molecule is CC(C)COc1ccccc1NCc1ccc(Cl)cc1Br. The third-order valence-corrected chi connectivity index (χ3v) is 3.92. The van der Waals surface area contributed by atoms with Gasteiger partial charge in [-0.3, -0.25) is 0 Å². The Kier molecular flexibility index (Phi) is 5.95. The molecule has 0 heterocycles. The molecule has 0 radical (unpaired) electrons. The van der Waals surface area contributed by atoms with Gasteiger partial charge in [-0.15, -0.1) is 0 Å². The molecule has 4 heteroatoms. The average Bonchev–Trinajstić information content (AvgIpc) is 2.45. The van der Waals surface area contributed by atoms with E-state index in [1.807, 2.05) is 42.5 Å². The summed E-state index contributed by atoms with van der Waals surface area (Å²) in [6.07, 6.45) is 0. The van der Waals surface area contributed by atoms with Gasteiger partial charge in [0, 0.05) is 16.0 Å². The lowest BCUT2D eigenvalue weighted by molar-refractivity contribution is 0.272. The summed E-state index contributed by atoms with van der Waals surface area (Å²) in [4.78, 5) is 0. The molecule has 0 aromatic heterocycles. The molecule has 0 atom stereocenters. The van der Waals surface area contributed by atoms with Crippen LogP contribution in [0.3, 0.4) is 0 Å². The topological polar surface area (TPSA) is 21.3 Å². The standard InChI is InChI=1S/C17H19BrClNO/c1-12(2)11-21-17-6-4-3-5-16(17)20-10-13-7-8-14(19)9-15(13)18/h3-9,12,20H,10-11H2,1-2H3. The molecular formula is C17H19BrClNO. The Morgan fingerprint density at radius 1 is 1.19 bits per heavy atom. The summed E-state index contributed by atoms with van der Waals surface area (Å²) in [6.45, 7) is 5.70. The largest absolute Gasteiger partial charge is 0.491 e. The number of hydrogen-bond acceptors (Lipinski definition) is 2. The summed E-state index contributed by atoms with van der Waals surface area (Å²) >= 11 is 9.49. The van der Waals surface area contributed by atoms with Crippen LogP contribution in [-0.2, 0) is 6.54 Å². The van der Waals surface area contributed by atoms with Gasteiger partial charge in [-0.05, 0) is 35.7 Å². The van der Waals surface area contributed by atoms with Crippen LogP contribution in [0.4, 0.5) is 5.69 Å². The molecule has 0 saturated carbocycles. The van der Waals surface area contributed by atoms with E-state index in [9.17, 15) is 0 Å². The summed E-state index contributed by atoms with van der Waals surface area (Å²) in [6, 6.07) is 13.8. The quantitative estimate of drug-likeness (QED) is 0.701. The highest BCUT2D eigenvalue weighted by Crippen LogP contribution is 2.27. The zero-order chi connectivity index (χ0) is 15.2. The maximum atomic E-state index is 5.96. The molecule has 0 spiro atoms. The second-order valence-electron chi connectivity index (χ2n) is 5.29. The minimum absolute atomic E-state index is 0.503. The van der Waals surface area contributed by atoms with Gasteiger partial charge in [-0.1, -0.05) is 59.6 Å². The molecule has 0 aliphatic carbocycles. The maximum absolute atomic E-state index is 5.96. The van der Waals surface area contributed by atoms with Crippen molar-refractivity contribution in [3.63, 3.8) is 0 Å². The van der Waals surface area contributed by atoms with Crippen LogP contribution in [0.15, 0.2) is 46.9 Å². The van der Waals surface area contributed by atoms with Crippen molar-refractivity contribution in [1.29, 1.82) is 0 Å². The molecule has 0 bridgehead atoms. The van der Waals surface area contributed by atoms with Gasteiger partial charge in [-0.25, -0.2) is 0 Å².